The van der Waals surface area contributed by atoms with Gasteiger partial charge in [-0.2, -0.15) is 4.37 Å². The number of pyridine rings is 1. The number of hydrogen-bond donors (Lipinski definition) is 1. The number of carbonyl (C=O) groups excluding carboxylic acids is 2. The maximum Gasteiger partial charge on any atom is 0.337 e. The van der Waals surface area contributed by atoms with Crippen molar-refractivity contribution in [2.24, 2.45) is 0 Å². The molecule has 0 atom stereocenters. The molecule has 6 nitrogen and oxygen atoms in total. The van der Waals surface area contributed by atoms with Gasteiger partial charge in [0.25, 0.3) is 5.91 Å². The summed E-state index contributed by atoms with van der Waals surface area (Å²) in [6.45, 7) is 0. The molecule has 2 aromatic heterocycles. The van der Waals surface area contributed by atoms with E-state index in [-0.39, 0.29) is 10.7 Å². The highest BCUT2D eigenvalue weighted by molar-refractivity contribution is 7.08. The molecular weight excluding hydrogens is 381 g/mol. The first-order valence-electron chi connectivity index (χ1n) is 7.25. The highest BCUT2D eigenvalue weighted by Gasteiger charge is 2.15. The monoisotopic (exact) mass is 391 g/mol. The first-order chi connectivity index (χ1) is 12.5. The first-order valence-corrected chi connectivity index (χ1v) is 8.40. The van der Waals surface area contributed by atoms with Crippen LogP contribution in [0.2, 0.25) is 5.02 Å². The molecule has 1 N–H and O–H groups in total. The van der Waals surface area contributed by atoms with Crippen LogP contribution in [0, 0.1) is 5.82 Å². The lowest BCUT2D eigenvalue weighted by atomic mass is 10.0. The lowest BCUT2D eigenvalue weighted by molar-refractivity contribution is 0.0600. The summed E-state index contributed by atoms with van der Waals surface area (Å²) in [5.74, 6) is -1.55. The lowest BCUT2D eigenvalue weighted by Gasteiger charge is -2.08. The molecule has 0 aliphatic rings. The summed E-state index contributed by atoms with van der Waals surface area (Å²) in [6, 6.07) is 7.96. The number of aromatic nitrogens is 2. The Bertz CT molecular complexity index is 976. The van der Waals surface area contributed by atoms with Gasteiger partial charge in [0.1, 0.15) is 10.7 Å². The molecule has 3 aromatic rings. The Labute approximate surface area is 156 Å². The number of rotatable bonds is 4. The largest absolute Gasteiger partial charge is 0.465 e. The van der Waals surface area contributed by atoms with Gasteiger partial charge in [-0.05, 0) is 41.9 Å². The number of benzene rings is 1. The van der Waals surface area contributed by atoms with Gasteiger partial charge < -0.3 is 10.1 Å². The average molecular weight is 392 g/mol. The van der Waals surface area contributed by atoms with Gasteiger partial charge in [-0.3, -0.25) is 4.79 Å². The minimum Gasteiger partial charge on any atom is -0.465 e. The van der Waals surface area contributed by atoms with Crippen molar-refractivity contribution in [1.29, 1.82) is 0 Å². The van der Waals surface area contributed by atoms with Crippen LogP contribution in [0.15, 0.2) is 42.7 Å². The zero-order valence-corrected chi connectivity index (χ0v) is 14.9. The molecule has 0 saturated heterocycles. The number of esters is 1. The molecule has 0 aliphatic carbocycles. The van der Waals surface area contributed by atoms with Gasteiger partial charge in [0.2, 0.25) is 0 Å². The second-order valence-electron chi connectivity index (χ2n) is 5.08. The van der Waals surface area contributed by atoms with Crippen molar-refractivity contribution in [2.45, 2.75) is 0 Å². The van der Waals surface area contributed by atoms with E-state index in [9.17, 15) is 14.0 Å². The SMILES string of the molecule is COC(=O)c1ccc(Cl)c(-c2ccc(NC(=O)c3sncc3F)nc2)c1. The highest BCUT2D eigenvalue weighted by Crippen LogP contribution is 2.29. The summed E-state index contributed by atoms with van der Waals surface area (Å²) in [7, 11) is 1.29. The van der Waals surface area contributed by atoms with Crippen LogP contribution in [-0.2, 0) is 4.74 Å². The Balaban J connectivity index is 1.83. The number of ether oxygens (including phenoxy) is 1. The normalized spacial score (nSPS) is 10.4. The number of hydrogen-bond acceptors (Lipinski definition) is 6. The molecule has 0 radical (unpaired) electrons. The molecule has 9 heteroatoms. The van der Waals surface area contributed by atoms with E-state index in [1.807, 2.05) is 0 Å². The van der Waals surface area contributed by atoms with Crippen LogP contribution in [-0.4, -0.2) is 28.3 Å². The summed E-state index contributed by atoms with van der Waals surface area (Å²) in [6.07, 6.45) is 2.47. The molecule has 0 aliphatic heterocycles. The maximum atomic E-state index is 13.4. The van der Waals surface area contributed by atoms with E-state index in [0.717, 1.165) is 17.7 Å². The van der Waals surface area contributed by atoms with Gasteiger partial charge in [0, 0.05) is 22.3 Å². The molecule has 0 bridgehead atoms. The third-order valence-electron chi connectivity index (χ3n) is 3.44. The molecule has 0 unspecified atom stereocenters. The minimum atomic E-state index is -0.685. The topological polar surface area (TPSA) is 81.2 Å². The fraction of sp³-hybridized carbons (Fsp3) is 0.0588. The molecule has 26 heavy (non-hydrogen) atoms. The summed E-state index contributed by atoms with van der Waals surface area (Å²) in [5.41, 5.74) is 1.58. The van der Waals surface area contributed by atoms with Crippen molar-refractivity contribution in [3.8, 4) is 11.1 Å². The Kier molecular flexibility index (Phi) is 5.24. The third-order valence-corrected chi connectivity index (χ3v) is 4.54. The van der Waals surface area contributed by atoms with Gasteiger partial charge >= 0.3 is 5.97 Å². The van der Waals surface area contributed by atoms with Gasteiger partial charge in [0.05, 0.1) is 18.9 Å². The number of nitrogens with zero attached hydrogens (tertiary/aromatic N) is 2. The first kappa shape index (κ1) is 18.0. The predicted molar refractivity (Wildman–Crippen MR) is 96.0 cm³/mol. The number of carbonyl (C=O) groups is 2. The summed E-state index contributed by atoms with van der Waals surface area (Å²) < 4.78 is 21.7. The van der Waals surface area contributed by atoms with Crippen LogP contribution in [0.4, 0.5) is 10.2 Å². The minimum absolute atomic E-state index is 0.121. The average Bonchev–Trinajstić information content (AvgIpc) is 3.08. The Morgan fingerprint density at radius 2 is 2.04 bits per heavy atom. The third kappa shape index (κ3) is 3.71. The van der Waals surface area contributed by atoms with Gasteiger partial charge in [-0.25, -0.2) is 14.2 Å². The van der Waals surface area contributed by atoms with Crippen molar-refractivity contribution >= 4 is 40.8 Å². The van der Waals surface area contributed by atoms with Crippen LogP contribution >= 0.6 is 23.1 Å². The fourth-order valence-electron chi connectivity index (χ4n) is 2.17. The van der Waals surface area contributed by atoms with E-state index in [4.69, 9.17) is 16.3 Å². The molecule has 1 aromatic carbocycles. The number of methoxy groups -OCH3 is 1. The van der Waals surface area contributed by atoms with E-state index in [2.05, 4.69) is 14.7 Å². The molecular formula is C17H11ClFN3O3S. The molecule has 1 amide bonds. The van der Waals surface area contributed by atoms with Crippen LogP contribution in [0.3, 0.4) is 0 Å². The number of anilines is 1. The molecule has 0 fully saturated rings. The van der Waals surface area contributed by atoms with E-state index in [1.54, 1.807) is 30.3 Å². The second kappa shape index (κ2) is 7.59. The Morgan fingerprint density at radius 1 is 1.23 bits per heavy atom. The van der Waals surface area contributed by atoms with Crippen molar-refractivity contribution < 1.29 is 18.7 Å². The van der Waals surface area contributed by atoms with E-state index >= 15 is 0 Å². The highest BCUT2D eigenvalue weighted by atomic mass is 35.5. The van der Waals surface area contributed by atoms with Crippen LogP contribution in [0.25, 0.3) is 11.1 Å². The standard InChI is InChI=1S/C17H11ClFN3O3S/c1-25-17(24)9-2-4-12(18)11(6-9)10-3-5-14(20-7-10)22-16(23)15-13(19)8-21-26-15/h2-8H,1H3,(H,20,22,23). The van der Waals surface area contributed by atoms with Gasteiger partial charge in [0.15, 0.2) is 5.82 Å². The fourth-order valence-corrected chi connectivity index (χ4v) is 2.92. The summed E-state index contributed by atoms with van der Waals surface area (Å²) in [5, 5.41) is 2.92. The Morgan fingerprint density at radius 3 is 2.65 bits per heavy atom. The van der Waals surface area contributed by atoms with Crippen molar-refractivity contribution in [2.75, 3.05) is 12.4 Å². The lowest BCUT2D eigenvalue weighted by Crippen LogP contribution is -2.12. The van der Waals surface area contributed by atoms with Crippen molar-refractivity contribution in [3.63, 3.8) is 0 Å². The maximum absolute atomic E-state index is 13.4. The smallest absolute Gasteiger partial charge is 0.337 e. The number of nitrogens with one attached hydrogen (secondary N) is 1. The predicted octanol–water partition coefficient (Wildman–Crippen LogP) is 4.04. The summed E-state index contributed by atoms with van der Waals surface area (Å²) >= 11 is 6.95. The van der Waals surface area contributed by atoms with Crippen molar-refractivity contribution in [1.82, 2.24) is 9.36 Å². The van der Waals surface area contributed by atoms with E-state index in [0.29, 0.717) is 21.7 Å². The molecule has 132 valence electrons. The zero-order valence-electron chi connectivity index (χ0n) is 13.3. The molecule has 0 saturated carbocycles. The van der Waals surface area contributed by atoms with E-state index < -0.39 is 17.7 Å². The number of amides is 1. The van der Waals surface area contributed by atoms with E-state index in [1.165, 1.54) is 13.3 Å². The molecule has 0 spiro atoms. The summed E-state index contributed by atoms with van der Waals surface area (Å²) in [4.78, 5) is 27.6. The second-order valence-corrected chi connectivity index (χ2v) is 6.28. The van der Waals surface area contributed by atoms with Crippen LogP contribution in [0.1, 0.15) is 20.0 Å². The van der Waals surface area contributed by atoms with Crippen LogP contribution in [0.5, 0.6) is 0 Å². The Hall–Kier alpha value is -2.84. The molecule has 2 heterocycles. The molecule has 3 rings (SSSR count). The van der Waals surface area contributed by atoms with Gasteiger partial charge in [-0.1, -0.05) is 11.6 Å². The van der Waals surface area contributed by atoms with Crippen molar-refractivity contribution in [3.05, 3.63) is 64.0 Å². The number of halogens is 2. The van der Waals surface area contributed by atoms with Gasteiger partial charge in [-0.15, -0.1) is 0 Å². The zero-order chi connectivity index (χ0) is 18.7. The quantitative estimate of drug-likeness (QED) is 0.679. The van der Waals surface area contributed by atoms with Crippen LogP contribution < -0.4 is 5.32 Å².